The van der Waals surface area contributed by atoms with Gasteiger partial charge in [-0.2, -0.15) is 5.10 Å². The molecule has 0 spiro atoms. The van der Waals surface area contributed by atoms with Crippen LogP contribution in [0.5, 0.6) is 0 Å². The second kappa shape index (κ2) is 6.25. The first-order chi connectivity index (χ1) is 10.0. The van der Waals surface area contributed by atoms with Crippen LogP contribution >= 0.6 is 0 Å². The molecule has 0 saturated carbocycles. The smallest absolute Gasteiger partial charge is 0.325 e. The van der Waals surface area contributed by atoms with E-state index >= 15 is 0 Å². The molecule has 2 aromatic heterocycles. The average molecular weight is 290 g/mol. The second-order valence-corrected chi connectivity index (χ2v) is 4.56. The third-order valence-electron chi connectivity index (χ3n) is 3.01. The predicted molar refractivity (Wildman–Crippen MR) is 76.1 cm³/mol. The largest absolute Gasteiger partial charge is 0.465 e. The molecule has 0 bridgehead atoms. The first-order valence-electron chi connectivity index (χ1n) is 6.61. The molecular weight excluding hydrogens is 272 g/mol. The van der Waals surface area contributed by atoms with Gasteiger partial charge in [-0.1, -0.05) is 0 Å². The Labute approximate surface area is 122 Å². The van der Waals surface area contributed by atoms with Crippen LogP contribution in [-0.2, 0) is 16.6 Å². The average Bonchev–Trinajstić information content (AvgIpc) is 3.06. The molecule has 0 N–H and O–H groups in total. The number of aromatic nitrogens is 3. The topological polar surface area (TPSA) is 69.4 Å². The van der Waals surface area contributed by atoms with Crippen molar-refractivity contribution in [2.75, 3.05) is 20.2 Å². The Hall–Kier alpha value is -2.57. The van der Waals surface area contributed by atoms with Gasteiger partial charge in [0.25, 0.3) is 5.91 Å². The molecule has 0 unspecified atom stereocenters. The summed E-state index contributed by atoms with van der Waals surface area (Å²) in [5.74, 6) is -0.0553. The highest BCUT2D eigenvalue weighted by Crippen LogP contribution is 2.15. The van der Waals surface area contributed by atoms with Gasteiger partial charge in [0.15, 0.2) is 0 Å². The molecule has 7 nitrogen and oxygen atoms in total. The third-order valence-corrected chi connectivity index (χ3v) is 3.01. The van der Waals surface area contributed by atoms with Crippen molar-refractivity contribution >= 4 is 11.9 Å². The van der Waals surface area contributed by atoms with Gasteiger partial charge in [-0.3, -0.25) is 14.3 Å². The van der Waals surface area contributed by atoms with Crippen molar-refractivity contribution in [1.82, 2.24) is 19.2 Å². The molecule has 0 aromatic carbocycles. The summed E-state index contributed by atoms with van der Waals surface area (Å²) >= 11 is 0. The van der Waals surface area contributed by atoms with Crippen molar-refractivity contribution in [3.63, 3.8) is 0 Å². The van der Waals surface area contributed by atoms with Gasteiger partial charge < -0.3 is 14.2 Å². The maximum Gasteiger partial charge on any atom is 0.325 e. The summed E-state index contributed by atoms with van der Waals surface area (Å²) in [4.78, 5) is 25.3. The van der Waals surface area contributed by atoms with E-state index in [0.717, 1.165) is 0 Å². The highest BCUT2D eigenvalue weighted by Gasteiger charge is 2.22. The molecular formula is C14H18N4O3. The third kappa shape index (κ3) is 3.13. The summed E-state index contributed by atoms with van der Waals surface area (Å²) in [6.45, 7) is 1.93. The van der Waals surface area contributed by atoms with E-state index in [1.165, 1.54) is 11.1 Å². The van der Waals surface area contributed by atoms with E-state index in [4.69, 9.17) is 4.74 Å². The minimum absolute atomic E-state index is 0.0906. The Morgan fingerprint density at radius 1 is 1.33 bits per heavy atom. The molecule has 7 heteroatoms. The number of nitrogens with zero attached hydrogens (tertiary/aromatic N) is 4. The summed E-state index contributed by atoms with van der Waals surface area (Å²) in [5, 5.41) is 4.12. The first kappa shape index (κ1) is 14.8. The molecule has 2 aromatic rings. The minimum Gasteiger partial charge on any atom is -0.465 e. The maximum absolute atomic E-state index is 12.5. The van der Waals surface area contributed by atoms with Gasteiger partial charge >= 0.3 is 5.97 Å². The molecule has 1 amide bonds. The summed E-state index contributed by atoms with van der Waals surface area (Å²) in [7, 11) is 3.32. The quantitative estimate of drug-likeness (QED) is 0.765. The van der Waals surface area contributed by atoms with E-state index in [0.29, 0.717) is 18.0 Å². The molecule has 0 radical (unpaired) electrons. The van der Waals surface area contributed by atoms with Gasteiger partial charge in [-0.25, -0.2) is 0 Å². The van der Waals surface area contributed by atoms with E-state index in [1.807, 2.05) is 24.5 Å². The SMILES string of the molecule is CCOC(=O)CN(C)C(=O)c1cnn(C)c1-n1cccc1. The fourth-order valence-corrected chi connectivity index (χ4v) is 2.04. The van der Waals surface area contributed by atoms with E-state index in [1.54, 1.807) is 30.3 Å². The fraction of sp³-hybridized carbons (Fsp3) is 0.357. The Morgan fingerprint density at radius 2 is 2.00 bits per heavy atom. The summed E-state index contributed by atoms with van der Waals surface area (Å²) in [5.41, 5.74) is 0.431. The van der Waals surface area contributed by atoms with Crippen LogP contribution in [0.2, 0.25) is 0 Å². The van der Waals surface area contributed by atoms with Crippen molar-refractivity contribution < 1.29 is 14.3 Å². The lowest BCUT2D eigenvalue weighted by Crippen LogP contribution is -2.33. The van der Waals surface area contributed by atoms with Gasteiger partial charge in [0, 0.05) is 26.5 Å². The van der Waals surface area contributed by atoms with Crippen LogP contribution in [0.25, 0.3) is 5.82 Å². The molecule has 0 saturated heterocycles. The predicted octanol–water partition coefficient (Wildman–Crippen LogP) is 0.846. The molecule has 112 valence electrons. The lowest BCUT2D eigenvalue weighted by atomic mass is 10.3. The number of carbonyl (C=O) groups is 2. The Bertz CT molecular complexity index is 631. The zero-order valence-corrected chi connectivity index (χ0v) is 12.3. The van der Waals surface area contributed by atoms with Crippen LogP contribution in [0.15, 0.2) is 30.7 Å². The van der Waals surface area contributed by atoms with Crippen molar-refractivity contribution in [1.29, 1.82) is 0 Å². The number of ether oxygens (including phenoxy) is 1. The number of carbonyl (C=O) groups excluding carboxylic acids is 2. The highest BCUT2D eigenvalue weighted by atomic mass is 16.5. The Kier molecular flexibility index (Phi) is 4.42. The first-order valence-corrected chi connectivity index (χ1v) is 6.61. The second-order valence-electron chi connectivity index (χ2n) is 4.56. The number of aryl methyl sites for hydroxylation is 1. The van der Waals surface area contributed by atoms with Crippen LogP contribution in [0.1, 0.15) is 17.3 Å². The lowest BCUT2D eigenvalue weighted by Gasteiger charge is -2.16. The summed E-state index contributed by atoms with van der Waals surface area (Å²) in [6, 6.07) is 3.73. The van der Waals surface area contributed by atoms with Crippen LogP contribution in [0.3, 0.4) is 0 Å². The number of rotatable bonds is 5. The normalized spacial score (nSPS) is 10.4. The number of hydrogen-bond donors (Lipinski definition) is 0. The van der Waals surface area contributed by atoms with Gasteiger partial charge in [0.2, 0.25) is 0 Å². The van der Waals surface area contributed by atoms with Crippen LogP contribution in [0, 0.1) is 0 Å². The minimum atomic E-state index is -0.431. The van der Waals surface area contributed by atoms with Crippen molar-refractivity contribution in [3.8, 4) is 5.82 Å². The van der Waals surface area contributed by atoms with Gasteiger partial charge in [-0.15, -0.1) is 0 Å². The van der Waals surface area contributed by atoms with Crippen molar-refractivity contribution in [2.24, 2.45) is 7.05 Å². The van der Waals surface area contributed by atoms with Gasteiger partial charge in [0.05, 0.1) is 12.8 Å². The Balaban J connectivity index is 2.22. The van der Waals surface area contributed by atoms with E-state index in [9.17, 15) is 9.59 Å². The monoisotopic (exact) mass is 290 g/mol. The molecule has 0 aliphatic heterocycles. The number of amides is 1. The zero-order valence-electron chi connectivity index (χ0n) is 12.3. The summed E-state index contributed by atoms with van der Waals surface area (Å²) < 4.78 is 8.27. The number of likely N-dealkylation sites (N-methyl/N-ethyl adjacent to an activating group) is 1. The fourth-order valence-electron chi connectivity index (χ4n) is 2.04. The lowest BCUT2D eigenvalue weighted by molar-refractivity contribution is -0.143. The standard InChI is InChI=1S/C14H18N4O3/c1-4-21-12(19)10-16(2)14(20)11-9-15-17(3)13(11)18-7-5-6-8-18/h5-9H,4,10H2,1-3H3. The highest BCUT2D eigenvalue weighted by molar-refractivity contribution is 5.98. The van der Waals surface area contributed by atoms with Crippen LogP contribution in [0.4, 0.5) is 0 Å². The zero-order chi connectivity index (χ0) is 15.4. The van der Waals surface area contributed by atoms with Crippen molar-refractivity contribution in [2.45, 2.75) is 6.92 Å². The number of esters is 1. The molecule has 0 aliphatic rings. The molecule has 0 aliphatic carbocycles. The maximum atomic E-state index is 12.5. The van der Waals surface area contributed by atoms with Gasteiger partial charge in [-0.05, 0) is 19.1 Å². The van der Waals surface area contributed by atoms with Crippen molar-refractivity contribution in [3.05, 3.63) is 36.3 Å². The molecule has 2 heterocycles. The Morgan fingerprint density at radius 3 is 2.62 bits per heavy atom. The van der Waals surface area contributed by atoms with Crippen LogP contribution in [-0.4, -0.2) is 51.3 Å². The van der Waals surface area contributed by atoms with E-state index in [2.05, 4.69) is 5.10 Å². The van der Waals surface area contributed by atoms with Gasteiger partial charge in [0.1, 0.15) is 17.9 Å². The number of hydrogen-bond acceptors (Lipinski definition) is 4. The molecule has 0 atom stereocenters. The van der Waals surface area contributed by atoms with E-state index in [-0.39, 0.29) is 12.5 Å². The van der Waals surface area contributed by atoms with Crippen LogP contribution < -0.4 is 0 Å². The summed E-state index contributed by atoms with van der Waals surface area (Å²) in [6.07, 6.45) is 5.16. The molecule has 21 heavy (non-hydrogen) atoms. The molecule has 2 rings (SSSR count). The molecule has 0 fully saturated rings. The van der Waals surface area contributed by atoms with E-state index < -0.39 is 5.97 Å².